The van der Waals surface area contributed by atoms with Gasteiger partial charge in [-0.15, -0.1) is 0 Å². The fraction of sp³-hybridized carbons (Fsp3) is 0.150. The zero-order valence-corrected chi connectivity index (χ0v) is 15.7. The molecular weight excluding hydrogens is 390 g/mol. The lowest BCUT2D eigenvalue weighted by Crippen LogP contribution is -2.30. The minimum absolute atomic E-state index is 0.0484. The third-order valence-electron chi connectivity index (χ3n) is 4.43. The van der Waals surface area contributed by atoms with E-state index in [1.807, 2.05) is 30.3 Å². The molecule has 0 fully saturated rings. The number of nitrogens with zero attached hydrogens (tertiary/aromatic N) is 5. The van der Waals surface area contributed by atoms with Gasteiger partial charge < -0.3 is 9.84 Å². The number of aliphatic hydroxyl groups excluding tert-OH is 1. The van der Waals surface area contributed by atoms with Gasteiger partial charge in [0.2, 0.25) is 0 Å². The van der Waals surface area contributed by atoms with Crippen LogP contribution in [0.4, 0.5) is 5.69 Å². The van der Waals surface area contributed by atoms with Crippen molar-refractivity contribution in [3.05, 3.63) is 87.6 Å². The molecule has 0 amide bonds. The molecule has 1 atom stereocenters. The summed E-state index contributed by atoms with van der Waals surface area (Å²) in [6.45, 7) is -0.192. The Kier molecular flexibility index (Phi) is 5.22. The maximum atomic E-state index is 12.7. The first-order valence-corrected chi connectivity index (χ1v) is 9.07. The van der Waals surface area contributed by atoms with Gasteiger partial charge in [-0.05, 0) is 18.2 Å². The van der Waals surface area contributed by atoms with E-state index < -0.39 is 11.0 Å². The zero-order chi connectivity index (χ0) is 21.1. The number of fused-ring (bicyclic) bond motifs is 1. The fourth-order valence-corrected chi connectivity index (χ4v) is 3.00. The molecule has 0 radical (unpaired) electrons. The second-order valence-corrected chi connectivity index (χ2v) is 6.55. The standard InChI is InChI=1S/C20H17N5O5/c26-16(12-30-17-8-4-7-15(9-17)25(28)29)11-23-13-21-19-18(20(23)27)10-22-24(19)14-5-2-1-3-6-14/h1-10,13,16,26H,11-12H2/t16-/m0/s1. The van der Waals surface area contributed by atoms with Crippen LogP contribution in [0.25, 0.3) is 16.7 Å². The van der Waals surface area contributed by atoms with Crippen molar-refractivity contribution in [2.45, 2.75) is 12.6 Å². The summed E-state index contributed by atoms with van der Waals surface area (Å²) < 4.78 is 8.26. The number of benzene rings is 2. The third kappa shape index (κ3) is 3.89. The van der Waals surface area contributed by atoms with E-state index in [1.54, 1.807) is 10.7 Å². The largest absolute Gasteiger partial charge is 0.491 e. The van der Waals surface area contributed by atoms with Gasteiger partial charge in [0, 0.05) is 6.07 Å². The molecule has 0 saturated carbocycles. The van der Waals surface area contributed by atoms with E-state index in [0.29, 0.717) is 11.0 Å². The Morgan fingerprint density at radius 3 is 2.73 bits per heavy atom. The molecule has 152 valence electrons. The Morgan fingerprint density at radius 2 is 1.97 bits per heavy atom. The maximum absolute atomic E-state index is 12.7. The van der Waals surface area contributed by atoms with Crippen LogP contribution in [-0.4, -0.2) is 42.1 Å². The summed E-state index contributed by atoms with van der Waals surface area (Å²) >= 11 is 0. The SMILES string of the molecule is O=c1c2cnn(-c3ccccc3)c2ncn1C[C@H](O)COc1cccc([N+](=O)[O-])c1. The topological polar surface area (TPSA) is 125 Å². The molecule has 0 aliphatic heterocycles. The van der Waals surface area contributed by atoms with Crippen LogP contribution in [0.2, 0.25) is 0 Å². The molecule has 0 unspecified atom stereocenters. The summed E-state index contributed by atoms with van der Waals surface area (Å²) in [5.74, 6) is 0.258. The van der Waals surface area contributed by atoms with Gasteiger partial charge in [0.15, 0.2) is 5.65 Å². The monoisotopic (exact) mass is 407 g/mol. The molecule has 10 nitrogen and oxygen atoms in total. The highest BCUT2D eigenvalue weighted by Crippen LogP contribution is 2.19. The van der Waals surface area contributed by atoms with Gasteiger partial charge in [0.25, 0.3) is 11.2 Å². The van der Waals surface area contributed by atoms with Crippen molar-refractivity contribution in [3.8, 4) is 11.4 Å². The van der Waals surface area contributed by atoms with E-state index in [4.69, 9.17) is 4.74 Å². The lowest BCUT2D eigenvalue weighted by molar-refractivity contribution is -0.384. The zero-order valence-electron chi connectivity index (χ0n) is 15.7. The minimum Gasteiger partial charge on any atom is -0.491 e. The number of aromatic nitrogens is 4. The molecule has 2 aromatic carbocycles. The quantitative estimate of drug-likeness (QED) is 0.366. The van der Waals surface area contributed by atoms with Crippen LogP contribution in [0.5, 0.6) is 5.75 Å². The van der Waals surface area contributed by atoms with Gasteiger partial charge in [-0.3, -0.25) is 19.5 Å². The van der Waals surface area contributed by atoms with Crippen LogP contribution in [0, 0.1) is 10.1 Å². The summed E-state index contributed by atoms with van der Waals surface area (Å²) in [6, 6.07) is 15.0. The Bertz CT molecular complexity index is 1250. The lowest BCUT2D eigenvalue weighted by Gasteiger charge is -2.13. The lowest BCUT2D eigenvalue weighted by atomic mass is 10.3. The Morgan fingerprint density at radius 1 is 1.17 bits per heavy atom. The molecule has 30 heavy (non-hydrogen) atoms. The van der Waals surface area contributed by atoms with Crippen LogP contribution < -0.4 is 10.3 Å². The van der Waals surface area contributed by atoms with E-state index in [2.05, 4.69) is 10.1 Å². The molecule has 0 bridgehead atoms. The van der Waals surface area contributed by atoms with Gasteiger partial charge in [0.05, 0.1) is 29.4 Å². The molecule has 2 heterocycles. The van der Waals surface area contributed by atoms with Crippen LogP contribution in [-0.2, 0) is 6.54 Å². The maximum Gasteiger partial charge on any atom is 0.273 e. The molecule has 0 aliphatic carbocycles. The Hall–Kier alpha value is -4.05. The molecule has 0 aliphatic rings. The van der Waals surface area contributed by atoms with E-state index in [1.165, 1.54) is 35.3 Å². The molecule has 10 heteroatoms. The van der Waals surface area contributed by atoms with Crippen molar-refractivity contribution < 1.29 is 14.8 Å². The molecular formula is C20H17N5O5. The van der Waals surface area contributed by atoms with Crippen LogP contribution in [0.3, 0.4) is 0 Å². The Labute approximate surface area is 169 Å². The van der Waals surface area contributed by atoms with Gasteiger partial charge in [0.1, 0.15) is 30.2 Å². The Balaban J connectivity index is 1.49. The van der Waals surface area contributed by atoms with Crippen molar-refractivity contribution >= 4 is 16.7 Å². The smallest absolute Gasteiger partial charge is 0.273 e. The highest BCUT2D eigenvalue weighted by atomic mass is 16.6. The van der Waals surface area contributed by atoms with Crippen molar-refractivity contribution in [2.75, 3.05) is 6.61 Å². The van der Waals surface area contributed by atoms with Crippen molar-refractivity contribution in [1.82, 2.24) is 19.3 Å². The predicted molar refractivity (Wildman–Crippen MR) is 108 cm³/mol. The number of ether oxygens (including phenoxy) is 1. The summed E-state index contributed by atoms with van der Waals surface area (Å²) in [5, 5.41) is 25.6. The predicted octanol–water partition coefficient (Wildman–Crippen LogP) is 1.93. The highest BCUT2D eigenvalue weighted by molar-refractivity contribution is 5.74. The highest BCUT2D eigenvalue weighted by Gasteiger charge is 2.14. The van der Waals surface area contributed by atoms with Crippen molar-refractivity contribution in [1.29, 1.82) is 0 Å². The molecule has 2 aromatic heterocycles. The minimum atomic E-state index is -1.02. The van der Waals surface area contributed by atoms with E-state index in [-0.39, 0.29) is 30.1 Å². The van der Waals surface area contributed by atoms with Crippen molar-refractivity contribution in [3.63, 3.8) is 0 Å². The number of hydrogen-bond donors (Lipinski definition) is 1. The van der Waals surface area contributed by atoms with Gasteiger partial charge in [-0.1, -0.05) is 24.3 Å². The van der Waals surface area contributed by atoms with Gasteiger partial charge in [-0.25, -0.2) is 9.67 Å². The van der Waals surface area contributed by atoms with Crippen LogP contribution >= 0.6 is 0 Å². The van der Waals surface area contributed by atoms with Gasteiger partial charge >= 0.3 is 0 Å². The fourth-order valence-electron chi connectivity index (χ4n) is 3.00. The van der Waals surface area contributed by atoms with E-state index >= 15 is 0 Å². The number of hydrogen-bond acceptors (Lipinski definition) is 7. The number of para-hydroxylation sites is 1. The molecule has 4 rings (SSSR count). The second kappa shape index (κ2) is 8.13. The molecule has 1 N–H and O–H groups in total. The average Bonchev–Trinajstić information content (AvgIpc) is 3.20. The average molecular weight is 407 g/mol. The molecule has 0 saturated heterocycles. The first-order chi connectivity index (χ1) is 14.5. The summed E-state index contributed by atoms with van der Waals surface area (Å²) in [7, 11) is 0. The number of nitro benzene ring substituents is 1. The first-order valence-electron chi connectivity index (χ1n) is 9.07. The molecule has 0 spiro atoms. The number of aliphatic hydroxyl groups is 1. The number of rotatable bonds is 7. The third-order valence-corrected chi connectivity index (χ3v) is 4.43. The normalized spacial score (nSPS) is 12.0. The first kappa shape index (κ1) is 19.3. The van der Waals surface area contributed by atoms with E-state index in [0.717, 1.165) is 5.69 Å². The van der Waals surface area contributed by atoms with Crippen LogP contribution in [0.1, 0.15) is 0 Å². The number of non-ortho nitro benzene ring substituents is 1. The number of nitro groups is 1. The second-order valence-electron chi connectivity index (χ2n) is 6.55. The van der Waals surface area contributed by atoms with Crippen LogP contribution in [0.15, 0.2) is 71.9 Å². The van der Waals surface area contributed by atoms with E-state index in [9.17, 15) is 20.0 Å². The summed E-state index contributed by atoms with van der Waals surface area (Å²) in [4.78, 5) is 27.4. The van der Waals surface area contributed by atoms with Crippen molar-refractivity contribution in [2.24, 2.45) is 0 Å². The van der Waals surface area contributed by atoms with Gasteiger partial charge in [-0.2, -0.15) is 5.10 Å². The summed E-state index contributed by atoms with van der Waals surface area (Å²) in [6.07, 6.45) is 1.77. The molecule has 4 aromatic rings. The summed E-state index contributed by atoms with van der Waals surface area (Å²) in [5.41, 5.74) is 0.757.